The number of oxime groups is 1. The van der Waals surface area contributed by atoms with Crippen LogP contribution in [0.1, 0.15) is 65.7 Å². The van der Waals surface area contributed by atoms with Crippen LogP contribution in [0.5, 0.6) is 0 Å². The molecule has 1 fully saturated rings. The Labute approximate surface area is 115 Å². The maximum Gasteiger partial charge on any atom is 0.234 e. The van der Waals surface area contributed by atoms with Gasteiger partial charge in [0.1, 0.15) is 5.41 Å². The van der Waals surface area contributed by atoms with Gasteiger partial charge in [-0.3, -0.25) is 4.79 Å². The number of amidine groups is 1. The molecule has 4 N–H and O–H groups in total. The second-order valence-corrected chi connectivity index (χ2v) is 6.22. The van der Waals surface area contributed by atoms with Crippen LogP contribution in [0.15, 0.2) is 5.16 Å². The molecule has 0 aromatic carbocycles. The summed E-state index contributed by atoms with van der Waals surface area (Å²) in [5.41, 5.74) is 4.74. The van der Waals surface area contributed by atoms with E-state index in [0.717, 1.165) is 32.1 Å². The fraction of sp³-hybridized carbons (Fsp3) is 0.857. The first-order chi connectivity index (χ1) is 8.88. The van der Waals surface area contributed by atoms with Crippen molar-refractivity contribution in [1.29, 1.82) is 0 Å². The van der Waals surface area contributed by atoms with Gasteiger partial charge >= 0.3 is 0 Å². The summed E-state index contributed by atoms with van der Waals surface area (Å²) in [5.74, 6) is -0.0436. The summed E-state index contributed by atoms with van der Waals surface area (Å²) in [5, 5.41) is 15.2. The Kier molecular flexibility index (Phi) is 5.20. The van der Waals surface area contributed by atoms with Gasteiger partial charge in [-0.05, 0) is 33.1 Å². The van der Waals surface area contributed by atoms with E-state index in [1.54, 1.807) is 0 Å². The van der Waals surface area contributed by atoms with Crippen LogP contribution in [0.2, 0.25) is 0 Å². The standard InChI is InChI=1S/C14H27N3O2/c1-4-8-13(2,3)16-12(18)14(11(15)17-19)9-6-5-7-10-14/h19H,4-10H2,1-3H3,(H2,15,17)(H,16,18). The van der Waals surface area contributed by atoms with Crippen molar-refractivity contribution in [1.82, 2.24) is 5.32 Å². The zero-order valence-corrected chi connectivity index (χ0v) is 12.3. The Bertz CT molecular complexity index is 345. The molecule has 1 amide bonds. The van der Waals surface area contributed by atoms with Gasteiger partial charge in [-0.25, -0.2) is 0 Å². The van der Waals surface area contributed by atoms with Crippen LogP contribution in [-0.2, 0) is 4.79 Å². The highest BCUT2D eigenvalue weighted by molar-refractivity contribution is 6.07. The van der Waals surface area contributed by atoms with E-state index in [2.05, 4.69) is 17.4 Å². The highest BCUT2D eigenvalue weighted by Gasteiger charge is 2.45. The van der Waals surface area contributed by atoms with Crippen LogP contribution in [0.25, 0.3) is 0 Å². The molecule has 0 heterocycles. The van der Waals surface area contributed by atoms with E-state index in [1.807, 2.05) is 13.8 Å². The molecule has 0 bridgehead atoms. The first kappa shape index (κ1) is 15.8. The van der Waals surface area contributed by atoms with Crippen molar-refractivity contribution >= 4 is 11.7 Å². The lowest BCUT2D eigenvalue weighted by Crippen LogP contribution is -2.56. The second kappa shape index (κ2) is 6.26. The molecular formula is C14H27N3O2. The van der Waals surface area contributed by atoms with Gasteiger partial charge in [0, 0.05) is 5.54 Å². The third-order valence-corrected chi connectivity index (χ3v) is 4.07. The number of nitrogens with two attached hydrogens (primary N) is 1. The van der Waals surface area contributed by atoms with Gasteiger partial charge in [0.25, 0.3) is 0 Å². The summed E-state index contributed by atoms with van der Waals surface area (Å²) in [6.07, 6.45) is 6.23. The molecule has 5 heteroatoms. The number of rotatable bonds is 5. The van der Waals surface area contributed by atoms with E-state index in [4.69, 9.17) is 10.9 Å². The smallest absolute Gasteiger partial charge is 0.234 e. The number of carbonyl (C=O) groups excluding carboxylic acids is 1. The Hall–Kier alpha value is -1.26. The molecule has 19 heavy (non-hydrogen) atoms. The predicted molar refractivity (Wildman–Crippen MR) is 76.1 cm³/mol. The van der Waals surface area contributed by atoms with Gasteiger partial charge in [-0.2, -0.15) is 0 Å². The summed E-state index contributed by atoms with van der Waals surface area (Å²) in [6, 6.07) is 0. The summed E-state index contributed by atoms with van der Waals surface area (Å²) < 4.78 is 0. The van der Waals surface area contributed by atoms with Crippen LogP contribution in [0, 0.1) is 5.41 Å². The van der Waals surface area contributed by atoms with Crippen LogP contribution >= 0.6 is 0 Å². The molecule has 1 aliphatic carbocycles. The predicted octanol–water partition coefficient (Wildman–Crippen LogP) is 2.38. The molecule has 5 nitrogen and oxygen atoms in total. The Morgan fingerprint density at radius 3 is 2.42 bits per heavy atom. The SMILES string of the molecule is CCCC(C)(C)NC(=O)C1(C(N)=NO)CCCCC1. The molecule has 110 valence electrons. The number of nitrogens with one attached hydrogen (secondary N) is 1. The molecule has 0 unspecified atom stereocenters. The molecule has 1 rings (SSSR count). The average molecular weight is 269 g/mol. The quantitative estimate of drug-likeness (QED) is 0.310. The van der Waals surface area contributed by atoms with Crippen molar-refractivity contribution in [2.45, 2.75) is 71.3 Å². The van der Waals surface area contributed by atoms with E-state index in [9.17, 15) is 4.79 Å². The average Bonchev–Trinajstić information content (AvgIpc) is 2.37. The zero-order valence-electron chi connectivity index (χ0n) is 12.3. The first-order valence-electron chi connectivity index (χ1n) is 7.18. The first-order valence-corrected chi connectivity index (χ1v) is 7.18. The fourth-order valence-corrected chi connectivity index (χ4v) is 2.97. The summed E-state index contributed by atoms with van der Waals surface area (Å²) in [4.78, 5) is 12.6. The molecule has 0 saturated heterocycles. The molecule has 0 aromatic heterocycles. The molecule has 0 atom stereocenters. The minimum Gasteiger partial charge on any atom is -0.409 e. The molecule has 0 aliphatic heterocycles. The number of amides is 1. The number of hydrogen-bond donors (Lipinski definition) is 3. The normalized spacial score (nSPS) is 20.1. The third kappa shape index (κ3) is 3.61. The lowest BCUT2D eigenvalue weighted by Gasteiger charge is -2.38. The Morgan fingerprint density at radius 2 is 1.95 bits per heavy atom. The Morgan fingerprint density at radius 1 is 1.37 bits per heavy atom. The number of nitrogens with zero attached hydrogens (tertiary/aromatic N) is 1. The maximum atomic E-state index is 12.6. The van der Waals surface area contributed by atoms with Gasteiger partial charge in [0.15, 0.2) is 5.84 Å². The van der Waals surface area contributed by atoms with Crippen LogP contribution in [0.3, 0.4) is 0 Å². The van der Waals surface area contributed by atoms with Crippen molar-refractivity contribution < 1.29 is 10.0 Å². The Balaban J connectivity index is 2.90. The van der Waals surface area contributed by atoms with Gasteiger partial charge in [-0.1, -0.05) is 37.8 Å². The lowest BCUT2D eigenvalue weighted by molar-refractivity contribution is -0.130. The van der Waals surface area contributed by atoms with Crippen molar-refractivity contribution in [2.75, 3.05) is 0 Å². The molecule has 1 aliphatic rings. The van der Waals surface area contributed by atoms with Crippen LogP contribution < -0.4 is 11.1 Å². The topological polar surface area (TPSA) is 87.7 Å². The van der Waals surface area contributed by atoms with Crippen molar-refractivity contribution in [3.8, 4) is 0 Å². The van der Waals surface area contributed by atoms with Crippen LogP contribution in [0.4, 0.5) is 0 Å². The number of hydrogen-bond acceptors (Lipinski definition) is 3. The maximum absolute atomic E-state index is 12.6. The van der Waals surface area contributed by atoms with Gasteiger partial charge < -0.3 is 16.3 Å². The minimum absolute atomic E-state index is 0.0528. The summed E-state index contributed by atoms with van der Waals surface area (Å²) in [7, 11) is 0. The van der Waals surface area contributed by atoms with Gasteiger partial charge in [-0.15, -0.1) is 0 Å². The highest BCUT2D eigenvalue weighted by atomic mass is 16.4. The second-order valence-electron chi connectivity index (χ2n) is 6.22. The van der Waals surface area contributed by atoms with E-state index in [1.165, 1.54) is 0 Å². The van der Waals surface area contributed by atoms with E-state index in [-0.39, 0.29) is 17.3 Å². The van der Waals surface area contributed by atoms with E-state index >= 15 is 0 Å². The largest absolute Gasteiger partial charge is 0.409 e. The molecular weight excluding hydrogens is 242 g/mol. The fourth-order valence-electron chi connectivity index (χ4n) is 2.97. The van der Waals surface area contributed by atoms with Crippen molar-refractivity contribution in [3.05, 3.63) is 0 Å². The molecule has 0 radical (unpaired) electrons. The van der Waals surface area contributed by atoms with Gasteiger partial charge in [0.05, 0.1) is 0 Å². The molecule has 1 saturated carbocycles. The third-order valence-electron chi connectivity index (χ3n) is 4.07. The lowest BCUT2D eigenvalue weighted by atomic mass is 9.72. The highest BCUT2D eigenvalue weighted by Crippen LogP contribution is 2.37. The minimum atomic E-state index is -0.821. The molecule has 0 spiro atoms. The monoisotopic (exact) mass is 269 g/mol. The van der Waals surface area contributed by atoms with Crippen molar-refractivity contribution in [3.63, 3.8) is 0 Å². The van der Waals surface area contributed by atoms with E-state index < -0.39 is 5.41 Å². The van der Waals surface area contributed by atoms with Crippen molar-refractivity contribution in [2.24, 2.45) is 16.3 Å². The van der Waals surface area contributed by atoms with E-state index in [0.29, 0.717) is 12.8 Å². The zero-order chi connectivity index (χ0) is 14.5. The summed E-state index contributed by atoms with van der Waals surface area (Å²) >= 11 is 0. The summed E-state index contributed by atoms with van der Waals surface area (Å²) in [6.45, 7) is 6.11. The van der Waals surface area contributed by atoms with Crippen LogP contribution in [-0.4, -0.2) is 22.5 Å². The molecule has 0 aromatic rings. The van der Waals surface area contributed by atoms with Gasteiger partial charge in [0.2, 0.25) is 5.91 Å². The number of carbonyl (C=O) groups is 1.